The van der Waals surface area contributed by atoms with Crippen molar-refractivity contribution in [2.75, 3.05) is 220 Å². The first-order chi connectivity index (χ1) is 72.2. The highest BCUT2D eigenvalue weighted by molar-refractivity contribution is 6.33. The molecule has 39 nitrogen and oxygen atoms in total. The number of amides is 4. The Bertz CT molecular complexity index is 7560. The Labute approximate surface area is 874 Å². The zero-order valence-electron chi connectivity index (χ0n) is 87.1. The lowest BCUT2D eigenvalue weighted by molar-refractivity contribution is -0.112. The van der Waals surface area contributed by atoms with Gasteiger partial charge in [-0.15, -0.1) is 0 Å². The first kappa shape index (κ1) is 108. The van der Waals surface area contributed by atoms with Gasteiger partial charge in [0.25, 0.3) is 0 Å². The standard InChI is InChI=1S/C29H33FN8O2.C28H33N7O2.C26H29ClN8O2.C26H30N8O2/c1-6-26(39)33-22-14-23(25(40-5)15-24(22)38-11-8-20(9-12-38)36(2)3)34-29-32-17-21(30)27(35-29)19-13-18-7-10-37(4)28(18)31-16-19;1-7-27(36)30-22-17-23(26(37-6)18-25(22)35(5)15-14-33(2)3)32-28-29-12-10-21(31-28)19-8-9-24-20(16-19)11-13-34(24)4;1-6-23(36)31-19-12-20(22(37-5)13-21(19)35(4)10-9-34(2)3)32-26-30-15-18(27)24(33-26)17-11-16-7-8-28-25(16)29-14-17;1-6-24(35)30-20-14-21(23(36-5)15-22(20)34(4)12-11-33(2)3)32-26-28-10-8-19(31-26)18-13-17-7-9-27-25(17)29-16-18/h6-7,10,13-17,20H,1,8-9,11-12H2,2-5H3,(H,33,39)(H,32,34,35);7-13,16-18H,1,14-15H2,2-6H3,(H,30,36)(H,29,31,32);6-8,11-15H,1,9-10H2,2-5H3,(H,28,29)(H,31,36)(H,30,32,33);6-10,13-16H,1,11-12H2,2-5H3,(H,27,29)(H,30,35)(H,28,31,32). The largest absolute Gasteiger partial charge is 0.494 e. The van der Waals surface area contributed by atoms with Crippen LogP contribution in [0.5, 0.6) is 23.0 Å². The second kappa shape index (κ2) is 50.1. The second-order valence-corrected chi connectivity index (χ2v) is 36.7. The van der Waals surface area contributed by atoms with Crippen LogP contribution in [0, 0.1) is 5.82 Å². The number of hydrogen-bond donors (Lipinski definition) is 10. The van der Waals surface area contributed by atoms with Gasteiger partial charge in [-0.2, -0.15) is 0 Å². The maximum absolute atomic E-state index is 14.9. The van der Waals surface area contributed by atoms with E-state index in [1.54, 1.807) is 71.6 Å². The summed E-state index contributed by atoms with van der Waals surface area (Å²) in [6.07, 6.45) is 25.7. The number of halogens is 2. The normalized spacial score (nSPS) is 11.8. The highest BCUT2D eigenvalue weighted by Gasteiger charge is 2.28. The first-order valence-electron chi connectivity index (χ1n) is 48.0. The number of nitrogens with one attached hydrogen (secondary N) is 10. The fraction of sp³-hybridized carbons (Fsp3) is 0.257. The second-order valence-electron chi connectivity index (χ2n) is 36.3. The van der Waals surface area contributed by atoms with E-state index in [1.165, 1.54) is 30.5 Å². The number of piperidine rings is 1. The molecule has 1 saturated heterocycles. The Balaban J connectivity index is 0.000000158. The molecule has 150 heavy (non-hydrogen) atoms. The predicted molar refractivity (Wildman–Crippen MR) is 600 cm³/mol. The number of ether oxygens (including phenoxy) is 4. The number of H-pyrrole nitrogens is 2. The molecule has 0 bridgehead atoms. The SMILES string of the molecule is C=CC(=O)Nc1cc(Nc2ncc(Cl)c(-c3cnc4[nH]ccc4c3)n2)c(OC)cc1N(C)CCN(C)C.C=CC(=O)Nc1cc(Nc2ncc(F)c(-c3cnc4c(ccn4C)c3)n2)c(OC)cc1N1CCC(N(C)C)CC1.C=CC(=O)Nc1cc(Nc2nccc(-c3ccc4c(ccn4C)c3)n2)c(OC)cc1N(C)CCN(C)C.C=CC(=O)Nc1cc(Nc2nccc(-c3cnc4[nH]ccc4c3)n2)c(OC)cc1N(C)CCN(C)C. The van der Waals surface area contributed by atoms with E-state index in [0.29, 0.717) is 109 Å². The lowest BCUT2D eigenvalue weighted by Crippen LogP contribution is -2.42. The number of hydrogen-bond acceptors (Lipinski definition) is 31. The minimum atomic E-state index is -0.565. The first-order valence-corrected chi connectivity index (χ1v) is 48.3. The number of methoxy groups -OCH3 is 4. The molecule has 5 aromatic carbocycles. The van der Waals surface area contributed by atoms with Crippen molar-refractivity contribution in [1.82, 2.24) is 93.5 Å². The third-order valence-corrected chi connectivity index (χ3v) is 25.1. The molecule has 4 amide bonds. The molecule has 0 aliphatic carbocycles. The number of fused-ring (bicyclic) bond motifs is 4. The number of anilines is 16. The van der Waals surface area contributed by atoms with Gasteiger partial charge in [-0.1, -0.05) is 44.0 Å². The molecular formula is C109H125ClFN31O8. The number of likely N-dealkylation sites (N-methyl/N-ethyl adjacent to an activating group) is 6. The lowest BCUT2D eigenvalue weighted by atomic mass is 10.0. The van der Waals surface area contributed by atoms with E-state index in [4.69, 9.17) is 35.5 Å². The summed E-state index contributed by atoms with van der Waals surface area (Å²) in [6, 6.07) is 38.9. The number of benzene rings is 5. The third kappa shape index (κ3) is 27.2. The summed E-state index contributed by atoms with van der Waals surface area (Å²) in [7, 11) is 32.5. The Morgan fingerprint density at radius 1 is 0.413 bits per heavy atom. The van der Waals surface area contributed by atoms with Gasteiger partial charge in [-0.25, -0.2) is 59.2 Å². The molecule has 11 aromatic heterocycles. The summed E-state index contributed by atoms with van der Waals surface area (Å²) in [6.45, 7) is 20.7. The summed E-state index contributed by atoms with van der Waals surface area (Å²) < 4.78 is 41.6. The van der Waals surface area contributed by atoms with Gasteiger partial charge in [0.2, 0.25) is 47.4 Å². The van der Waals surface area contributed by atoms with Crippen LogP contribution < -0.4 is 81.1 Å². The summed E-state index contributed by atoms with van der Waals surface area (Å²) in [5.41, 5.74) is 16.9. The number of aromatic nitrogens is 15. The average molecular weight is 2050 g/mol. The van der Waals surface area contributed by atoms with Crippen LogP contribution in [0.1, 0.15) is 12.8 Å². The van der Waals surface area contributed by atoms with Gasteiger partial charge in [-0.05, 0) is 185 Å². The molecule has 12 heterocycles. The third-order valence-electron chi connectivity index (χ3n) is 24.8. The zero-order valence-corrected chi connectivity index (χ0v) is 87.9. The molecule has 0 unspecified atom stereocenters. The van der Waals surface area contributed by atoms with Gasteiger partial charge in [0.05, 0.1) is 131 Å². The summed E-state index contributed by atoms with van der Waals surface area (Å²) >= 11 is 6.44. The van der Waals surface area contributed by atoms with Crippen LogP contribution in [0.2, 0.25) is 5.02 Å². The molecule has 16 aromatic rings. The number of nitrogens with zero attached hydrogens (tertiary/aromatic N) is 21. The summed E-state index contributed by atoms with van der Waals surface area (Å²) in [4.78, 5) is 121. The van der Waals surface area contributed by atoms with Crippen molar-refractivity contribution < 1.29 is 42.5 Å². The van der Waals surface area contributed by atoms with E-state index >= 15 is 0 Å². The van der Waals surface area contributed by atoms with Gasteiger partial charge in [0.15, 0.2) is 5.82 Å². The number of pyridine rings is 3. The number of carbonyl (C=O) groups excluding carboxylic acids is 4. The van der Waals surface area contributed by atoms with Gasteiger partial charge in [-0.3, -0.25) is 19.2 Å². The smallest absolute Gasteiger partial charge is 0.247 e. The molecule has 41 heteroatoms. The molecule has 17 rings (SSSR count). The van der Waals surface area contributed by atoms with Crippen LogP contribution in [0.25, 0.3) is 89.0 Å². The Morgan fingerprint density at radius 2 is 0.807 bits per heavy atom. The van der Waals surface area contributed by atoms with Crippen LogP contribution in [0.15, 0.2) is 240 Å². The molecule has 1 aliphatic rings. The number of rotatable bonds is 38. The lowest BCUT2D eigenvalue weighted by Gasteiger charge is -2.37. The molecule has 778 valence electrons. The Hall–Kier alpha value is -17.5. The molecule has 0 radical (unpaired) electrons. The minimum Gasteiger partial charge on any atom is -0.494 e. The van der Waals surface area contributed by atoms with E-state index in [9.17, 15) is 23.6 Å². The van der Waals surface area contributed by atoms with Gasteiger partial charge < -0.3 is 120 Å². The topological polar surface area (TPSA) is 411 Å². The molecular weight excluding hydrogens is 1930 g/mol. The molecule has 1 aliphatic heterocycles. The summed E-state index contributed by atoms with van der Waals surface area (Å²) in [5, 5.41) is 28.8. The van der Waals surface area contributed by atoms with Gasteiger partial charge >= 0.3 is 0 Å². The van der Waals surface area contributed by atoms with Crippen LogP contribution >= 0.6 is 11.6 Å². The highest BCUT2D eigenvalue weighted by atomic mass is 35.5. The quantitative estimate of drug-likeness (QED) is 0.0161. The monoisotopic (exact) mass is 2050 g/mol. The van der Waals surface area contributed by atoms with Gasteiger partial charge in [0, 0.05) is 223 Å². The fourth-order valence-electron chi connectivity index (χ4n) is 16.5. The molecule has 0 spiro atoms. The van der Waals surface area contributed by atoms with Crippen molar-refractivity contribution in [2.45, 2.75) is 18.9 Å². The van der Waals surface area contributed by atoms with Crippen molar-refractivity contribution in [2.24, 2.45) is 14.1 Å². The van der Waals surface area contributed by atoms with Crippen LogP contribution in [-0.2, 0) is 33.3 Å². The van der Waals surface area contributed by atoms with Crippen molar-refractivity contribution in [3.63, 3.8) is 0 Å². The maximum Gasteiger partial charge on any atom is 0.247 e. The summed E-state index contributed by atoms with van der Waals surface area (Å²) in [5.74, 6) is 1.73. The molecule has 10 N–H and O–H groups in total. The highest BCUT2D eigenvalue weighted by Crippen LogP contribution is 2.45. The van der Waals surface area contributed by atoms with Gasteiger partial charge in [0.1, 0.15) is 45.6 Å². The zero-order chi connectivity index (χ0) is 107. The minimum absolute atomic E-state index is 0.121. The maximum atomic E-state index is 14.9. The number of carbonyl (C=O) groups is 4. The molecule has 1 fully saturated rings. The Morgan fingerprint density at radius 3 is 1.27 bits per heavy atom. The van der Waals surface area contributed by atoms with E-state index in [2.05, 4.69) is 206 Å². The number of aromatic amines is 2. The molecule has 0 atom stereocenters. The Kier molecular flexibility index (Phi) is 36.1. The van der Waals surface area contributed by atoms with E-state index in [1.807, 2.05) is 197 Å². The average Bonchev–Trinajstić information content (AvgIpc) is 0.978. The number of aryl methyl sites for hydroxylation is 2. The van der Waals surface area contributed by atoms with Crippen molar-refractivity contribution >= 4 is 171 Å². The van der Waals surface area contributed by atoms with E-state index in [0.717, 1.165) is 166 Å². The van der Waals surface area contributed by atoms with Crippen molar-refractivity contribution in [3.8, 4) is 68.0 Å². The van der Waals surface area contributed by atoms with E-state index < -0.39 is 5.82 Å². The van der Waals surface area contributed by atoms with Crippen LogP contribution in [-0.4, -0.2) is 282 Å². The van der Waals surface area contributed by atoms with E-state index in [-0.39, 0.29) is 35.3 Å². The van der Waals surface area contributed by atoms with Crippen LogP contribution in [0.3, 0.4) is 0 Å². The fourth-order valence-corrected chi connectivity index (χ4v) is 16.7. The predicted octanol–water partition coefficient (Wildman–Crippen LogP) is 17.5. The van der Waals surface area contributed by atoms with Crippen molar-refractivity contribution in [1.29, 1.82) is 0 Å². The van der Waals surface area contributed by atoms with Crippen LogP contribution in [0.4, 0.5) is 96.4 Å². The molecule has 0 saturated carbocycles. The van der Waals surface area contributed by atoms with Crippen molar-refractivity contribution in [3.05, 3.63) is 251 Å².